The quantitative estimate of drug-likeness (QED) is 0.451. The van der Waals surface area contributed by atoms with Crippen LogP contribution in [0.1, 0.15) is 52.4 Å². The molecule has 0 saturated heterocycles. The Bertz CT molecular complexity index is 157. The zero-order valence-corrected chi connectivity index (χ0v) is 8.58. The fourth-order valence-electron chi connectivity index (χ4n) is 1.36. The number of carbonyl (C=O) groups is 1. The second-order valence-electron chi connectivity index (χ2n) is 3.64. The minimum absolute atomic E-state index is 0.307. The van der Waals surface area contributed by atoms with Gasteiger partial charge in [0.05, 0.1) is 0 Å². The molecule has 0 aliphatic heterocycles. The minimum Gasteiger partial charge on any atom is -0.269 e. The third-order valence-corrected chi connectivity index (χ3v) is 2.18. The van der Waals surface area contributed by atoms with Crippen molar-refractivity contribution in [2.45, 2.75) is 52.4 Å². The molecule has 1 amide bonds. The first kappa shape index (κ1) is 12.3. The van der Waals surface area contributed by atoms with Gasteiger partial charge in [0, 0.05) is 11.6 Å². The van der Waals surface area contributed by atoms with E-state index in [0.717, 1.165) is 12.8 Å². The maximum Gasteiger partial charge on any atom is 0.286 e. The topological polar surface area (TPSA) is 46.5 Å². The molecule has 0 fully saturated rings. The predicted molar refractivity (Wildman–Crippen MR) is 53.3 cm³/mol. The molecule has 0 N–H and O–H groups in total. The normalized spacial score (nSPS) is 12.5. The van der Waals surface area contributed by atoms with Gasteiger partial charge in [-0.3, -0.25) is 4.79 Å². The first-order valence-corrected chi connectivity index (χ1v) is 5.06. The third-order valence-electron chi connectivity index (χ3n) is 2.18. The van der Waals surface area contributed by atoms with E-state index in [-0.39, 0.29) is 0 Å². The lowest BCUT2D eigenvalue weighted by Crippen LogP contribution is -2.02. The number of hydrogen-bond donors (Lipinski definition) is 0. The Labute approximate surface area is 79.9 Å². The van der Waals surface area contributed by atoms with Crippen molar-refractivity contribution in [3.05, 3.63) is 4.91 Å². The summed E-state index contributed by atoms with van der Waals surface area (Å²) in [6.45, 7) is 4.16. The lowest BCUT2D eigenvalue weighted by atomic mass is 9.99. The van der Waals surface area contributed by atoms with Crippen LogP contribution in [0.4, 0.5) is 0 Å². The fraction of sp³-hybridized carbons (Fsp3) is 0.900. The molecule has 0 aromatic rings. The predicted octanol–water partition coefficient (Wildman–Crippen LogP) is 3.28. The molecule has 0 aliphatic carbocycles. The lowest BCUT2D eigenvalue weighted by Gasteiger charge is -2.06. The number of rotatable bonds is 7. The molecule has 0 spiro atoms. The van der Waals surface area contributed by atoms with E-state index in [4.69, 9.17) is 0 Å². The van der Waals surface area contributed by atoms with Crippen molar-refractivity contribution >= 4 is 5.91 Å². The van der Waals surface area contributed by atoms with E-state index in [1.165, 1.54) is 19.3 Å². The molecule has 0 bridgehead atoms. The highest BCUT2D eigenvalue weighted by Crippen LogP contribution is 2.14. The average molecular weight is 185 g/mol. The first-order chi connectivity index (χ1) is 6.20. The van der Waals surface area contributed by atoms with Gasteiger partial charge in [0.2, 0.25) is 0 Å². The van der Waals surface area contributed by atoms with Gasteiger partial charge in [0.15, 0.2) is 0 Å². The van der Waals surface area contributed by atoms with Crippen LogP contribution in [0, 0.1) is 10.8 Å². The monoisotopic (exact) mass is 185 g/mol. The number of carbonyl (C=O) groups excluding carboxylic acids is 1. The molecule has 0 aliphatic rings. The molecule has 3 heteroatoms. The molecule has 1 atom stereocenters. The fourth-order valence-corrected chi connectivity index (χ4v) is 1.36. The summed E-state index contributed by atoms with van der Waals surface area (Å²) < 4.78 is 0. The van der Waals surface area contributed by atoms with Gasteiger partial charge in [-0.2, -0.15) is 0 Å². The summed E-state index contributed by atoms with van der Waals surface area (Å²) in [5.74, 6) is -0.204. The lowest BCUT2D eigenvalue weighted by molar-refractivity contribution is -0.118. The molecule has 0 aromatic heterocycles. The van der Waals surface area contributed by atoms with Crippen LogP contribution in [-0.2, 0) is 4.79 Å². The molecular weight excluding hydrogens is 166 g/mol. The van der Waals surface area contributed by atoms with E-state index in [2.05, 4.69) is 12.1 Å². The summed E-state index contributed by atoms with van der Waals surface area (Å²) >= 11 is 0. The number of amides is 1. The number of hydrogen-bond acceptors (Lipinski definition) is 2. The van der Waals surface area contributed by atoms with Crippen LogP contribution >= 0.6 is 0 Å². The molecule has 76 valence electrons. The zero-order valence-electron chi connectivity index (χ0n) is 8.58. The van der Waals surface area contributed by atoms with Crippen LogP contribution in [0.25, 0.3) is 0 Å². The van der Waals surface area contributed by atoms with Gasteiger partial charge in [0.1, 0.15) is 0 Å². The molecule has 0 saturated carbocycles. The maximum absolute atomic E-state index is 10.6. The van der Waals surface area contributed by atoms with Crippen molar-refractivity contribution in [2.24, 2.45) is 11.1 Å². The Balaban J connectivity index is 3.34. The third kappa shape index (κ3) is 7.62. The second-order valence-corrected chi connectivity index (χ2v) is 3.64. The van der Waals surface area contributed by atoms with Crippen LogP contribution in [0.15, 0.2) is 5.18 Å². The van der Waals surface area contributed by atoms with Gasteiger partial charge in [-0.05, 0) is 5.92 Å². The summed E-state index contributed by atoms with van der Waals surface area (Å²) in [5.41, 5.74) is 0. The van der Waals surface area contributed by atoms with Crippen LogP contribution < -0.4 is 0 Å². The smallest absolute Gasteiger partial charge is 0.269 e. The highest BCUT2D eigenvalue weighted by atomic mass is 16.3. The van der Waals surface area contributed by atoms with Crippen molar-refractivity contribution in [1.82, 2.24) is 0 Å². The van der Waals surface area contributed by atoms with Crippen molar-refractivity contribution in [3.8, 4) is 0 Å². The molecule has 0 unspecified atom stereocenters. The van der Waals surface area contributed by atoms with Gasteiger partial charge in [-0.15, -0.1) is 4.91 Å². The molecule has 3 nitrogen and oxygen atoms in total. The Morgan fingerprint density at radius 1 is 1.31 bits per heavy atom. The SMILES string of the molecule is CCCCCC[C@H](C)CC(=O)N=O. The van der Waals surface area contributed by atoms with Gasteiger partial charge in [0.25, 0.3) is 5.91 Å². The van der Waals surface area contributed by atoms with E-state index in [0.29, 0.717) is 12.3 Å². The molecule has 13 heavy (non-hydrogen) atoms. The summed E-state index contributed by atoms with van der Waals surface area (Å²) in [5, 5.41) is 2.38. The Hall–Kier alpha value is -0.730. The Morgan fingerprint density at radius 2 is 2.00 bits per heavy atom. The molecular formula is C10H19NO2. The van der Waals surface area contributed by atoms with E-state index in [1.54, 1.807) is 0 Å². The van der Waals surface area contributed by atoms with E-state index in [1.807, 2.05) is 6.92 Å². The van der Waals surface area contributed by atoms with Crippen LogP contribution in [0.5, 0.6) is 0 Å². The second kappa shape index (κ2) is 7.90. The van der Waals surface area contributed by atoms with Crippen molar-refractivity contribution < 1.29 is 4.79 Å². The Kier molecular flexibility index (Phi) is 7.45. The highest BCUT2D eigenvalue weighted by molar-refractivity contribution is 5.76. The summed E-state index contributed by atoms with van der Waals surface area (Å²) in [4.78, 5) is 20.4. The molecule has 0 radical (unpaired) electrons. The standard InChI is InChI=1S/C10H19NO2/c1-3-4-5-6-7-9(2)8-10(12)11-13/h9H,3-8H2,1-2H3/t9-/m0/s1. The average Bonchev–Trinajstić information content (AvgIpc) is 2.12. The van der Waals surface area contributed by atoms with E-state index < -0.39 is 5.91 Å². The Morgan fingerprint density at radius 3 is 2.54 bits per heavy atom. The molecule has 0 heterocycles. The number of unbranched alkanes of at least 4 members (excludes halogenated alkanes) is 3. The van der Waals surface area contributed by atoms with Crippen LogP contribution in [0.3, 0.4) is 0 Å². The summed E-state index contributed by atoms with van der Waals surface area (Å²) in [7, 11) is 0. The largest absolute Gasteiger partial charge is 0.286 e. The van der Waals surface area contributed by atoms with Gasteiger partial charge >= 0.3 is 0 Å². The number of nitrogens with zero attached hydrogens (tertiary/aromatic N) is 1. The van der Waals surface area contributed by atoms with Gasteiger partial charge < -0.3 is 0 Å². The zero-order chi connectivity index (χ0) is 10.1. The van der Waals surface area contributed by atoms with Crippen LogP contribution in [0.2, 0.25) is 0 Å². The van der Waals surface area contributed by atoms with Crippen molar-refractivity contribution in [2.75, 3.05) is 0 Å². The van der Waals surface area contributed by atoms with Crippen LogP contribution in [-0.4, -0.2) is 5.91 Å². The summed E-state index contributed by atoms with van der Waals surface area (Å²) in [6.07, 6.45) is 6.21. The van der Waals surface area contributed by atoms with E-state index >= 15 is 0 Å². The van der Waals surface area contributed by atoms with Crippen molar-refractivity contribution in [3.63, 3.8) is 0 Å². The maximum atomic E-state index is 10.6. The summed E-state index contributed by atoms with van der Waals surface area (Å²) in [6, 6.07) is 0. The molecule has 0 rings (SSSR count). The minimum atomic E-state index is -0.511. The van der Waals surface area contributed by atoms with E-state index in [9.17, 15) is 9.70 Å². The molecule has 0 aromatic carbocycles. The highest BCUT2D eigenvalue weighted by Gasteiger charge is 2.08. The van der Waals surface area contributed by atoms with Crippen molar-refractivity contribution in [1.29, 1.82) is 0 Å². The van der Waals surface area contributed by atoms with Gasteiger partial charge in [-0.25, -0.2) is 0 Å². The van der Waals surface area contributed by atoms with Gasteiger partial charge in [-0.1, -0.05) is 46.0 Å². The first-order valence-electron chi connectivity index (χ1n) is 5.06. The number of nitroso groups, excluding NO2 is 1.